The van der Waals surface area contributed by atoms with Gasteiger partial charge in [0.2, 0.25) is 0 Å². The standard InChI is InChI=1S/C20H28N4O/c1-16-5-4-8-18(22-16)13-25-14-20-12-23(10-17-6-2-3-7-17)11-19-9-21-15-24(19)20/h4-5,8-9,15,17,20H,2-3,6-7,10-14H2,1H3/t20-/m0/s1. The van der Waals surface area contributed by atoms with Crippen LogP contribution < -0.4 is 0 Å². The van der Waals surface area contributed by atoms with Gasteiger partial charge in [0.05, 0.1) is 37.0 Å². The van der Waals surface area contributed by atoms with Crippen LogP contribution in [0.15, 0.2) is 30.7 Å². The van der Waals surface area contributed by atoms with E-state index in [2.05, 4.69) is 19.4 Å². The topological polar surface area (TPSA) is 43.2 Å². The highest BCUT2D eigenvalue weighted by Gasteiger charge is 2.27. The first-order valence-electron chi connectivity index (χ1n) is 9.51. The highest BCUT2D eigenvalue weighted by atomic mass is 16.5. The number of fused-ring (bicyclic) bond motifs is 1. The predicted molar refractivity (Wildman–Crippen MR) is 97.1 cm³/mol. The van der Waals surface area contributed by atoms with Crippen molar-refractivity contribution < 1.29 is 4.74 Å². The number of ether oxygens (including phenoxy) is 1. The number of hydrogen-bond acceptors (Lipinski definition) is 4. The van der Waals surface area contributed by atoms with Crippen molar-refractivity contribution >= 4 is 0 Å². The zero-order valence-electron chi connectivity index (χ0n) is 15.1. The lowest BCUT2D eigenvalue weighted by atomic mass is 10.1. The Kier molecular flexibility index (Phi) is 5.13. The van der Waals surface area contributed by atoms with Crippen molar-refractivity contribution in [2.24, 2.45) is 5.92 Å². The Bertz CT molecular complexity index is 693. The number of imidazole rings is 1. The molecule has 0 amide bonds. The summed E-state index contributed by atoms with van der Waals surface area (Å²) in [7, 11) is 0. The van der Waals surface area contributed by atoms with Gasteiger partial charge in [-0.25, -0.2) is 4.98 Å². The molecule has 0 radical (unpaired) electrons. The van der Waals surface area contributed by atoms with E-state index < -0.39 is 0 Å². The molecule has 3 heterocycles. The SMILES string of the molecule is Cc1cccc(COC[C@@H]2CN(CC3CCCC3)Cc3cncn32)n1. The predicted octanol–water partition coefficient (Wildman–Crippen LogP) is 3.35. The average Bonchev–Trinajstić information content (AvgIpc) is 3.26. The number of rotatable bonds is 6. The summed E-state index contributed by atoms with van der Waals surface area (Å²) in [4.78, 5) is 11.5. The van der Waals surface area contributed by atoms with Crippen molar-refractivity contribution in [2.45, 2.75) is 51.8 Å². The zero-order chi connectivity index (χ0) is 17.1. The van der Waals surface area contributed by atoms with Gasteiger partial charge in [-0.1, -0.05) is 18.9 Å². The van der Waals surface area contributed by atoms with Crippen LogP contribution >= 0.6 is 0 Å². The summed E-state index contributed by atoms with van der Waals surface area (Å²) in [5, 5.41) is 0. The third kappa shape index (κ3) is 4.10. The summed E-state index contributed by atoms with van der Waals surface area (Å²) in [5.41, 5.74) is 3.36. The first kappa shape index (κ1) is 16.7. The van der Waals surface area contributed by atoms with E-state index in [0.717, 1.165) is 30.4 Å². The van der Waals surface area contributed by atoms with Crippen LogP contribution in [0.5, 0.6) is 0 Å². The molecule has 1 aliphatic carbocycles. The molecule has 2 aromatic heterocycles. The van der Waals surface area contributed by atoms with Crippen LogP contribution in [0.4, 0.5) is 0 Å². The van der Waals surface area contributed by atoms with Crippen LogP contribution in [0.25, 0.3) is 0 Å². The highest BCUT2D eigenvalue weighted by molar-refractivity contribution is 5.09. The maximum atomic E-state index is 6.02. The summed E-state index contributed by atoms with van der Waals surface area (Å²) in [6.45, 7) is 6.60. The van der Waals surface area contributed by atoms with Crippen molar-refractivity contribution in [1.29, 1.82) is 0 Å². The molecule has 1 saturated carbocycles. The van der Waals surface area contributed by atoms with Crippen molar-refractivity contribution in [1.82, 2.24) is 19.4 Å². The van der Waals surface area contributed by atoms with Crippen LogP contribution in [0.2, 0.25) is 0 Å². The zero-order valence-corrected chi connectivity index (χ0v) is 15.1. The smallest absolute Gasteiger partial charge is 0.0952 e. The van der Waals surface area contributed by atoms with E-state index in [9.17, 15) is 0 Å². The van der Waals surface area contributed by atoms with Crippen LogP contribution in [0.3, 0.4) is 0 Å². The molecule has 1 fully saturated rings. The molecule has 0 spiro atoms. The Balaban J connectivity index is 1.36. The quantitative estimate of drug-likeness (QED) is 0.809. The first-order chi connectivity index (χ1) is 12.3. The van der Waals surface area contributed by atoms with Crippen molar-refractivity contribution in [2.75, 3.05) is 19.7 Å². The minimum Gasteiger partial charge on any atom is -0.373 e. The lowest BCUT2D eigenvalue weighted by Crippen LogP contribution is -2.40. The van der Waals surface area contributed by atoms with Gasteiger partial charge in [0.25, 0.3) is 0 Å². The Morgan fingerprint density at radius 1 is 1.24 bits per heavy atom. The van der Waals surface area contributed by atoms with Gasteiger partial charge in [-0.2, -0.15) is 0 Å². The molecule has 4 rings (SSSR count). The lowest BCUT2D eigenvalue weighted by molar-refractivity contribution is 0.0552. The highest BCUT2D eigenvalue weighted by Crippen LogP contribution is 2.28. The molecule has 25 heavy (non-hydrogen) atoms. The summed E-state index contributed by atoms with van der Waals surface area (Å²) in [5.74, 6) is 0.882. The number of pyridine rings is 1. The Labute approximate surface area is 150 Å². The van der Waals surface area contributed by atoms with Crippen LogP contribution in [0.1, 0.15) is 48.8 Å². The molecule has 1 aliphatic heterocycles. The summed E-state index contributed by atoms with van der Waals surface area (Å²) in [6, 6.07) is 6.43. The third-order valence-electron chi connectivity index (χ3n) is 5.49. The molecule has 1 atom stereocenters. The second-order valence-corrected chi connectivity index (χ2v) is 7.58. The Morgan fingerprint density at radius 3 is 2.96 bits per heavy atom. The van der Waals surface area contributed by atoms with Crippen LogP contribution in [-0.4, -0.2) is 39.1 Å². The van der Waals surface area contributed by atoms with Gasteiger partial charge < -0.3 is 9.30 Å². The molecule has 2 aliphatic rings. The van der Waals surface area contributed by atoms with E-state index in [-0.39, 0.29) is 0 Å². The molecule has 2 aromatic rings. The van der Waals surface area contributed by atoms with Crippen LogP contribution in [-0.2, 0) is 17.9 Å². The third-order valence-corrected chi connectivity index (χ3v) is 5.49. The van der Waals surface area contributed by atoms with Crippen molar-refractivity contribution in [3.8, 4) is 0 Å². The van der Waals surface area contributed by atoms with Gasteiger partial charge in [-0.15, -0.1) is 0 Å². The second kappa shape index (κ2) is 7.67. The molecule has 0 unspecified atom stereocenters. The minimum atomic E-state index is 0.345. The normalized spacial score (nSPS) is 21.6. The average molecular weight is 340 g/mol. The number of nitrogens with zero attached hydrogens (tertiary/aromatic N) is 4. The molecular weight excluding hydrogens is 312 g/mol. The molecule has 5 nitrogen and oxygen atoms in total. The molecule has 134 valence electrons. The minimum absolute atomic E-state index is 0.345. The van der Waals surface area contributed by atoms with E-state index in [1.54, 1.807) is 0 Å². The van der Waals surface area contributed by atoms with E-state index in [1.165, 1.54) is 37.9 Å². The Morgan fingerprint density at radius 2 is 2.12 bits per heavy atom. The van der Waals surface area contributed by atoms with Gasteiger partial charge in [0.15, 0.2) is 0 Å². The summed E-state index contributed by atoms with van der Waals surface area (Å²) < 4.78 is 8.32. The maximum absolute atomic E-state index is 6.02. The maximum Gasteiger partial charge on any atom is 0.0952 e. The molecular formula is C20H28N4O. The van der Waals surface area contributed by atoms with Gasteiger partial charge >= 0.3 is 0 Å². The van der Waals surface area contributed by atoms with Gasteiger partial charge in [-0.3, -0.25) is 9.88 Å². The van der Waals surface area contributed by atoms with Crippen molar-refractivity contribution in [3.63, 3.8) is 0 Å². The monoisotopic (exact) mass is 340 g/mol. The fraction of sp³-hybridized carbons (Fsp3) is 0.600. The summed E-state index contributed by atoms with van der Waals surface area (Å²) in [6.07, 6.45) is 9.59. The van der Waals surface area contributed by atoms with Gasteiger partial charge in [0, 0.05) is 31.5 Å². The van der Waals surface area contributed by atoms with E-state index in [4.69, 9.17) is 4.74 Å². The number of hydrogen-bond donors (Lipinski definition) is 0. The van der Waals surface area contributed by atoms with Gasteiger partial charge in [-0.05, 0) is 37.8 Å². The van der Waals surface area contributed by atoms with E-state index in [0.29, 0.717) is 19.3 Å². The van der Waals surface area contributed by atoms with Crippen LogP contribution in [0, 0.1) is 12.8 Å². The lowest BCUT2D eigenvalue weighted by Gasteiger charge is -2.35. The first-order valence-corrected chi connectivity index (χ1v) is 9.51. The van der Waals surface area contributed by atoms with E-state index >= 15 is 0 Å². The Hall–Kier alpha value is -1.72. The molecule has 5 heteroatoms. The number of aromatic nitrogens is 3. The van der Waals surface area contributed by atoms with Crippen molar-refractivity contribution in [3.05, 3.63) is 47.8 Å². The molecule has 0 saturated heterocycles. The van der Waals surface area contributed by atoms with Gasteiger partial charge in [0.1, 0.15) is 0 Å². The number of aryl methyl sites for hydroxylation is 1. The second-order valence-electron chi connectivity index (χ2n) is 7.58. The largest absolute Gasteiger partial charge is 0.373 e. The molecule has 0 N–H and O–H groups in total. The fourth-order valence-corrected chi connectivity index (χ4v) is 4.27. The summed E-state index contributed by atoms with van der Waals surface area (Å²) >= 11 is 0. The molecule has 0 aromatic carbocycles. The molecule has 0 bridgehead atoms. The van der Waals surface area contributed by atoms with E-state index in [1.807, 2.05) is 37.6 Å². The fourth-order valence-electron chi connectivity index (χ4n) is 4.27.